The first-order valence-corrected chi connectivity index (χ1v) is 8.50. The van der Waals surface area contributed by atoms with Crippen molar-refractivity contribution < 1.29 is 18.4 Å². The zero-order valence-corrected chi connectivity index (χ0v) is 13.7. The second-order valence-electron chi connectivity index (χ2n) is 6.68. The van der Waals surface area contributed by atoms with Gasteiger partial charge in [0, 0.05) is 13.1 Å². The Labute approximate surface area is 145 Å². The lowest BCUT2D eigenvalue weighted by Crippen LogP contribution is -2.57. The van der Waals surface area contributed by atoms with E-state index in [1.54, 1.807) is 29.2 Å². The highest BCUT2D eigenvalue weighted by molar-refractivity contribution is 5.92. The van der Waals surface area contributed by atoms with Crippen molar-refractivity contribution in [1.82, 2.24) is 9.80 Å². The summed E-state index contributed by atoms with van der Waals surface area (Å²) in [7, 11) is 0. The van der Waals surface area contributed by atoms with E-state index < -0.39 is 0 Å². The minimum absolute atomic E-state index is 0.0207. The second-order valence-corrected chi connectivity index (χ2v) is 6.68. The highest BCUT2D eigenvalue weighted by atomic mass is 19.1. The van der Waals surface area contributed by atoms with Gasteiger partial charge in [0.05, 0.1) is 24.8 Å². The molecule has 0 aliphatic carbocycles. The van der Waals surface area contributed by atoms with Crippen molar-refractivity contribution in [2.24, 2.45) is 0 Å². The third-order valence-electron chi connectivity index (χ3n) is 5.05. The third-order valence-corrected chi connectivity index (χ3v) is 5.05. The number of benzene rings is 1. The molecule has 2 aromatic rings. The van der Waals surface area contributed by atoms with Crippen LogP contribution in [0.1, 0.15) is 29.0 Å². The Kier molecular flexibility index (Phi) is 4.03. The average Bonchev–Trinajstić information content (AvgIpc) is 3.21. The number of halogens is 1. The van der Waals surface area contributed by atoms with Crippen molar-refractivity contribution in [3.63, 3.8) is 0 Å². The summed E-state index contributed by atoms with van der Waals surface area (Å²) in [6.45, 7) is 1.05. The van der Waals surface area contributed by atoms with E-state index in [2.05, 4.69) is 0 Å². The van der Waals surface area contributed by atoms with Gasteiger partial charge in [-0.15, -0.1) is 0 Å². The monoisotopic (exact) mass is 342 g/mol. The maximum atomic E-state index is 13.3. The van der Waals surface area contributed by atoms with Gasteiger partial charge in [-0.05, 0) is 42.7 Å². The molecule has 5 nitrogen and oxygen atoms in total. The van der Waals surface area contributed by atoms with Gasteiger partial charge >= 0.3 is 0 Å². The van der Waals surface area contributed by atoms with E-state index >= 15 is 0 Å². The van der Waals surface area contributed by atoms with E-state index in [9.17, 15) is 14.0 Å². The average molecular weight is 342 g/mol. The highest BCUT2D eigenvalue weighted by Crippen LogP contribution is 2.32. The lowest BCUT2D eigenvalue weighted by atomic mass is 10.1. The summed E-state index contributed by atoms with van der Waals surface area (Å²) in [5, 5.41) is 0. The molecule has 2 aliphatic heterocycles. The number of furan rings is 1. The first-order valence-electron chi connectivity index (χ1n) is 8.50. The zero-order valence-electron chi connectivity index (χ0n) is 13.7. The van der Waals surface area contributed by atoms with E-state index in [0.717, 1.165) is 12.8 Å². The Hall–Kier alpha value is -2.63. The van der Waals surface area contributed by atoms with Crippen LogP contribution in [0.2, 0.25) is 0 Å². The molecule has 2 atom stereocenters. The number of amides is 2. The minimum Gasteiger partial charge on any atom is -0.459 e. The molecule has 2 amide bonds. The Morgan fingerprint density at radius 1 is 1.12 bits per heavy atom. The largest absolute Gasteiger partial charge is 0.459 e. The third kappa shape index (κ3) is 3.04. The minimum atomic E-state index is -0.334. The summed E-state index contributed by atoms with van der Waals surface area (Å²) in [5.41, 5.74) is 0.673. The first-order chi connectivity index (χ1) is 12.1. The molecule has 130 valence electrons. The molecule has 0 unspecified atom stereocenters. The first kappa shape index (κ1) is 15.9. The van der Waals surface area contributed by atoms with E-state index in [1.807, 2.05) is 4.90 Å². The fraction of sp³-hybridized carbons (Fsp3) is 0.368. The SMILES string of the molecule is O=C(Cc1cccc(F)c1)N1C[C@H]2CC[C@@H](C1)N2C(=O)c1ccco1. The topological polar surface area (TPSA) is 53.8 Å². The zero-order chi connectivity index (χ0) is 17.4. The second kappa shape index (κ2) is 6.35. The van der Waals surface area contributed by atoms with E-state index in [0.29, 0.717) is 24.4 Å². The number of likely N-dealkylation sites (tertiary alicyclic amines) is 1. The van der Waals surface area contributed by atoms with Crippen LogP contribution in [0.3, 0.4) is 0 Å². The Bertz CT molecular complexity index is 776. The van der Waals surface area contributed by atoms with Crippen LogP contribution in [0.25, 0.3) is 0 Å². The molecule has 1 aromatic carbocycles. The molecule has 0 saturated carbocycles. The number of carbonyl (C=O) groups excluding carboxylic acids is 2. The number of hydrogen-bond acceptors (Lipinski definition) is 3. The molecule has 3 heterocycles. The number of carbonyl (C=O) groups is 2. The molecule has 0 radical (unpaired) electrons. The van der Waals surface area contributed by atoms with Gasteiger partial charge in [-0.1, -0.05) is 12.1 Å². The standard InChI is InChI=1S/C19H19FN2O3/c20-14-4-1-3-13(9-14)10-18(23)21-11-15-6-7-16(12-21)22(15)19(24)17-5-2-8-25-17/h1-5,8-9,15-16H,6-7,10-12H2/t15-,16+. The molecule has 2 bridgehead atoms. The Morgan fingerprint density at radius 3 is 2.52 bits per heavy atom. The van der Waals surface area contributed by atoms with Gasteiger partial charge in [0.15, 0.2) is 5.76 Å². The van der Waals surface area contributed by atoms with Gasteiger partial charge < -0.3 is 14.2 Å². The van der Waals surface area contributed by atoms with E-state index in [-0.39, 0.29) is 36.1 Å². The summed E-state index contributed by atoms with van der Waals surface area (Å²) in [6.07, 6.45) is 3.46. The van der Waals surface area contributed by atoms with Crippen molar-refractivity contribution in [2.75, 3.05) is 13.1 Å². The molecule has 2 saturated heterocycles. The van der Waals surface area contributed by atoms with Crippen LogP contribution in [0.4, 0.5) is 4.39 Å². The summed E-state index contributed by atoms with van der Waals surface area (Å²) in [6, 6.07) is 9.54. The summed E-state index contributed by atoms with van der Waals surface area (Å²) < 4.78 is 18.5. The summed E-state index contributed by atoms with van der Waals surface area (Å²) >= 11 is 0. The quantitative estimate of drug-likeness (QED) is 0.861. The lowest BCUT2D eigenvalue weighted by Gasteiger charge is -2.40. The Morgan fingerprint density at radius 2 is 1.88 bits per heavy atom. The fourth-order valence-corrected chi connectivity index (χ4v) is 3.90. The van der Waals surface area contributed by atoms with Crippen LogP contribution in [0, 0.1) is 5.82 Å². The summed E-state index contributed by atoms with van der Waals surface area (Å²) in [5.74, 6) is -0.113. The maximum Gasteiger partial charge on any atom is 0.290 e. The molecule has 2 fully saturated rings. The lowest BCUT2D eigenvalue weighted by molar-refractivity contribution is -0.133. The number of piperazine rings is 1. The summed E-state index contributed by atoms with van der Waals surface area (Å²) in [4.78, 5) is 28.9. The van der Waals surface area contributed by atoms with Gasteiger partial charge in [0.25, 0.3) is 5.91 Å². The molecule has 2 aliphatic rings. The van der Waals surface area contributed by atoms with E-state index in [4.69, 9.17) is 4.42 Å². The highest BCUT2D eigenvalue weighted by Gasteiger charge is 2.44. The van der Waals surface area contributed by atoms with Gasteiger partial charge in [-0.25, -0.2) is 4.39 Å². The molecular formula is C19H19FN2O3. The molecular weight excluding hydrogens is 323 g/mol. The van der Waals surface area contributed by atoms with Crippen LogP contribution < -0.4 is 0 Å². The molecule has 25 heavy (non-hydrogen) atoms. The molecule has 6 heteroatoms. The maximum absolute atomic E-state index is 13.3. The number of hydrogen-bond donors (Lipinski definition) is 0. The van der Waals surface area contributed by atoms with E-state index in [1.165, 1.54) is 18.4 Å². The molecule has 0 N–H and O–H groups in total. The van der Waals surface area contributed by atoms with Crippen molar-refractivity contribution in [3.8, 4) is 0 Å². The predicted octanol–water partition coefficient (Wildman–Crippen LogP) is 2.48. The van der Waals surface area contributed by atoms with Gasteiger partial charge in [-0.3, -0.25) is 9.59 Å². The van der Waals surface area contributed by atoms with Crippen LogP contribution in [0.5, 0.6) is 0 Å². The van der Waals surface area contributed by atoms with Gasteiger partial charge in [-0.2, -0.15) is 0 Å². The molecule has 4 rings (SSSR count). The van der Waals surface area contributed by atoms with Crippen LogP contribution in [-0.4, -0.2) is 46.8 Å². The van der Waals surface area contributed by atoms with Crippen LogP contribution in [0.15, 0.2) is 47.1 Å². The van der Waals surface area contributed by atoms with Crippen molar-refractivity contribution in [3.05, 3.63) is 59.8 Å². The smallest absolute Gasteiger partial charge is 0.290 e. The predicted molar refractivity (Wildman–Crippen MR) is 88.4 cm³/mol. The molecule has 0 spiro atoms. The number of rotatable bonds is 3. The fourth-order valence-electron chi connectivity index (χ4n) is 3.90. The van der Waals surface area contributed by atoms with Crippen molar-refractivity contribution in [2.45, 2.75) is 31.3 Å². The van der Waals surface area contributed by atoms with Crippen molar-refractivity contribution in [1.29, 1.82) is 0 Å². The van der Waals surface area contributed by atoms with Crippen molar-refractivity contribution >= 4 is 11.8 Å². The number of fused-ring (bicyclic) bond motifs is 2. The Balaban J connectivity index is 1.44. The van der Waals surface area contributed by atoms with Crippen LogP contribution in [-0.2, 0) is 11.2 Å². The van der Waals surface area contributed by atoms with Gasteiger partial charge in [0.2, 0.25) is 5.91 Å². The van der Waals surface area contributed by atoms with Crippen LogP contribution >= 0.6 is 0 Å². The number of nitrogens with zero attached hydrogens (tertiary/aromatic N) is 2. The van der Waals surface area contributed by atoms with Gasteiger partial charge in [0.1, 0.15) is 5.82 Å². The molecule has 1 aromatic heterocycles. The normalized spacial score (nSPS) is 22.3.